The molecule has 19 heavy (non-hydrogen) atoms. The maximum atomic E-state index is 10.4. The molecule has 0 aromatic heterocycles. The van der Waals surface area contributed by atoms with E-state index in [0.29, 0.717) is 5.92 Å². The lowest BCUT2D eigenvalue weighted by Gasteiger charge is -2.31. The molecule has 0 bridgehead atoms. The molecule has 0 spiro atoms. The average molecular weight is 263 g/mol. The smallest absolute Gasteiger partial charge is 0.119 e. The third kappa shape index (κ3) is 3.95. The third-order valence-corrected chi connectivity index (χ3v) is 3.78. The molecule has 2 N–H and O–H groups in total. The highest BCUT2D eigenvalue weighted by Crippen LogP contribution is 2.26. The van der Waals surface area contributed by atoms with Gasteiger partial charge in [-0.05, 0) is 49.4 Å². The highest BCUT2D eigenvalue weighted by atomic mass is 16.5. The molecular formula is C16H25NO2. The van der Waals surface area contributed by atoms with Crippen molar-refractivity contribution in [2.75, 3.05) is 13.2 Å². The number of aliphatic hydroxyl groups excluding tert-OH is 1. The first kappa shape index (κ1) is 14.4. The van der Waals surface area contributed by atoms with Crippen LogP contribution in [0.25, 0.3) is 0 Å². The van der Waals surface area contributed by atoms with E-state index in [-0.39, 0.29) is 6.04 Å². The molecular weight excluding hydrogens is 238 g/mol. The number of rotatable bonds is 5. The van der Waals surface area contributed by atoms with E-state index in [9.17, 15) is 5.11 Å². The standard InChI is InChI=1S/C16H25NO2/c1-3-10-19-14-6-4-13(5-7-14)16(18)15-11-12(2)8-9-17-15/h4-7,12,15-18H,3,8-11H2,1-2H3. The lowest BCUT2D eigenvalue weighted by Crippen LogP contribution is -2.41. The number of benzene rings is 1. The van der Waals surface area contributed by atoms with Gasteiger partial charge in [-0.2, -0.15) is 0 Å². The first-order chi connectivity index (χ1) is 9.20. The first-order valence-corrected chi connectivity index (χ1v) is 7.35. The van der Waals surface area contributed by atoms with Gasteiger partial charge in [0.25, 0.3) is 0 Å². The minimum absolute atomic E-state index is 0.172. The third-order valence-electron chi connectivity index (χ3n) is 3.78. The Bertz CT molecular complexity index is 377. The molecule has 0 saturated carbocycles. The van der Waals surface area contributed by atoms with E-state index in [1.165, 1.54) is 6.42 Å². The van der Waals surface area contributed by atoms with Crippen molar-refractivity contribution in [3.8, 4) is 5.75 Å². The Morgan fingerprint density at radius 1 is 1.37 bits per heavy atom. The van der Waals surface area contributed by atoms with Crippen molar-refractivity contribution < 1.29 is 9.84 Å². The quantitative estimate of drug-likeness (QED) is 0.858. The monoisotopic (exact) mass is 263 g/mol. The minimum Gasteiger partial charge on any atom is -0.494 e. The van der Waals surface area contributed by atoms with E-state index in [0.717, 1.165) is 37.3 Å². The Hall–Kier alpha value is -1.06. The number of nitrogens with one attached hydrogen (secondary N) is 1. The van der Waals surface area contributed by atoms with Crippen molar-refractivity contribution in [2.45, 2.75) is 45.3 Å². The Labute approximate surface area is 116 Å². The number of piperidine rings is 1. The van der Waals surface area contributed by atoms with Crippen LogP contribution in [0.2, 0.25) is 0 Å². The number of hydrogen-bond donors (Lipinski definition) is 2. The summed E-state index contributed by atoms with van der Waals surface area (Å²) in [5, 5.41) is 13.8. The molecule has 1 saturated heterocycles. The highest BCUT2D eigenvalue weighted by molar-refractivity contribution is 5.29. The molecule has 3 nitrogen and oxygen atoms in total. The summed E-state index contributed by atoms with van der Waals surface area (Å²) in [6.45, 7) is 6.08. The molecule has 1 aliphatic heterocycles. The molecule has 0 radical (unpaired) electrons. The molecule has 0 aliphatic carbocycles. The van der Waals surface area contributed by atoms with Crippen LogP contribution in [-0.4, -0.2) is 24.3 Å². The van der Waals surface area contributed by atoms with Gasteiger partial charge >= 0.3 is 0 Å². The van der Waals surface area contributed by atoms with Crippen LogP contribution in [0, 0.1) is 5.92 Å². The van der Waals surface area contributed by atoms with Crippen LogP contribution in [-0.2, 0) is 0 Å². The van der Waals surface area contributed by atoms with Gasteiger partial charge in [-0.3, -0.25) is 0 Å². The van der Waals surface area contributed by atoms with Crippen molar-refractivity contribution in [1.82, 2.24) is 5.32 Å². The summed E-state index contributed by atoms with van der Waals surface area (Å²) in [6, 6.07) is 8.00. The molecule has 3 unspecified atom stereocenters. The van der Waals surface area contributed by atoms with Crippen molar-refractivity contribution in [1.29, 1.82) is 0 Å². The zero-order chi connectivity index (χ0) is 13.7. The Morgan fingerprint density at radius 2 is 2.11 bits per heavy atom. The normalized spacial score (nSPS) is 25.0. The molecule has 1 aromatic rings. The summed E-state index contributed by atoms with van der Waals surface area (Å²) in [5.74, 6) is 1.57. The molecule has 1 aromatic carbocycles. The van der Waals surface area contributed by atoms with Gasteiger partial charge in [0, 0.05) is 6.04 Å². The molecule has 1 aliphatic rings. The van der Waals surface area contributed by atoms with Crippen LogP contribution in [0.15, 0.2) is 24.3 Å². The maximum Gasteiger partial charge on any atom is 0.119 e. The summed E-state index contributed by atoms with van der Waals surface area (Å²) < 4.78 is 5.56. The fraction of sp³-hybridized carbons (Fsp3) is 0.625. The van der Waals surface area contributed by atoms with Crippen molar-refractivity contribution >= 4 is 0 Å². The molecule has 106 valence electrons. The second-order valence-corrected chi connectivity index (χ2v) is 5.55. The topological polar surface area (TPSA) is 41.5 Å². The van der Waals surface area contributed by atoms with E-state index in [1.807, 2.05) is 24.3 Å². The van der Waals surface area contributed by atoms with Crippen molar-refractivity contribution in [3.05, 3.63) is 29.8 Å². The van der Waals surface area contributed by atoms with Crippen LogP contribution in [0.1, 0.15) is 44.8 Å². The summed E-state index contributed by atoms with van der Waals surface area (Å²) in [4.78, 5) is 0. The SMILES string of the molecule is CCCOc1ccc(C(O)C2CC(C)CCN2)cc1. The van der Waals surface area contributed by atoms with Gasteiger partial charge in [0.15, 0.2) is 0 Å². The zero-order valence-electron chi connectivity index (χ0n) is 11.9. The van der Waals surface area contributed by atoms with E-state index >= 15 is 0 Å². The van der Waals surface area contributed by atoms with E-state index in [4.69, 9.17) is 4.74 Å². The van der Waals surface area contributed by atoms with Gasteiger partial charge in [0.2, 0.25) is 0 Å². The van der Waals surface area contributed by atoms with Crippen LogP contribution >= 0.6 is 0 Å². The predicted molar refractivity (Wildman–Crippen MR) is 77.4 cm³/mol. The van der Waals surface area contributed by atoms with E-state index in [2.05, 4.69) is 19.2 Å². The van der Waals surface area contributed by atoms with Crippen LogP contribution in [0.3, 0.4) is 0 Å². The van der Waals surface area contributed by atoms with Crippen molar-refractivity contribution in [3.63, 3.8) is 0 Å². The molecule has 0 amide bonds. The Morgan fingerprint density at radius 3 is 2.74 bits per heavy atom. The van der Waals surface area contributed by atoms with Gasteiger partial charge in [-0.25, -0.2) is 0 Å². The van der Waals surface area contributed by atoms with Crippen LogP contribution in [0.4, 0.5) is 0 Å². The first-order valence-electron chi connectivity index (χ1n) is 7.35. The average Bonchev–Trinajstić information content (AvgIpc) is 2.45. The molecule has 1 heterocycles. The number of hydrogen-bond acceptors (Lipinski definition) is 3. The van der Waals surface area contributed by atoms with Gasteiger partial charge in [-0.15, -0.1) is 0 Å². The molecule has 2 rings (SSSR count). The second-order valence-electron chi connectivity index (χ2n) is 5.55. The summed E-state index contributed by atoms with van der Waals surface area (Å²) in [6.07, 6.45) is 2.82. The lowest BCUT2D eigenvalue weighted by molar-refractivity contribution is 0.101. The number of ether oxygens (including phenoxy) is 1. The second kappa shape index (κ2) is 6.92. The van der Waals surface area contributed by atoms with Gasteiger partial charge in [0.1, 0.15) is 5.75 Å². The number of aliphatic hydroxyl groups is 1. The molecule has 1 fully saturated rings. The molecule has 3 heteroatoms. The fourth-order valence-corrected chi connectivity index (χ4v) is 2.60. The van der Waals surface area contributed by atoms with Gasteiger partial charge in [0.05, 0.1) is 12.7 Å². The van der Waals surface area contributed by atoms with E-state index in [1.54, 1.807) is 0 Å². The van der Waals surface area contributed by atoms with Crippen LogP contribution in [0.5, 0.6) is 5.75 Å². The van der Waals surface area contributed by atoms with Crippen molar-refractivity contribution in [2.24, 2.45) is 5.92 Å². The van der Waals surface area contributed by atoms with Gasteiger partial charge < -0.3 is 15.2 Å². The van der Waals surface area contributed by atoms with Gasteiger partial charge in [-0.1, -0.05) is 26.0 Å². The largest absolute Gasteiger partial charge is 0.494 e. The predicted octanol–water partition coefficient (Wildman–Crippen LogP) is 2.90. The summed E-state index contributed by atoms with van der Waals surface area (Å²) in [5.41, 5.74) is 0.968. The fourth-order valence-electron chi connectivity index (χ4n) is 2.60. The maximum absolute atomic E-state index is 10.4. The van der Waals surface area contributed by atoms with E-state index < -0.39 is 6.10 Å². The minimum atomic E-state index is -0.428. The lowest BCUT2D eigenvalue weighted by atomic mass is 9.89. The highest BCUT2D eigenvalue weighted by Gasteiger charge is 2.25. The van der Waals surface area contributed by atoms with Crippen LogP contribution < -0.4 is 10.1 Å². The Balaban J connectivity index is 1.96. The summed E-state index contributed by atoms with van der Waals surface area (Å²) in [7, 11) is 0. The molecule has 3 atom stereocenters. The Kier molecular flexibility index (Phi) is 5.23. The summed E-state index contributed by atoms with van der Waals surface area (Å²) >= 11 is 0. The zero-order valence-corrected chi connectivity index (χ0v) is 11.9.